The maximum absolute atomic E-state index is 12.0. The van der Waals surface area contributed by atoms with Gasteiger partial charge in [-0.15, -0.1) is 0 Å². The summed E-state index contributed by atoms with van der Waals surface area (Å²) in [4.78, 5) is 23.6. The van der Waals surface area contributed by atoms with Crippen LogP contribution in [0.5, 0.6) is 0 Å². The van der Waals surface area contributed by atoms with E-state index in [0.717, 1.165) is 18.9 Å². The van der Waals surface area contributed by atoms with Gasteiger partial charge in [-0.3, -0.25) is 4.57 Å². The number of phosphoric ester groups is 1. The van der Waals surface area contributed by atoms with Gasteiger partial charge in [0.2, 0.25) is 0 Å². The molecule has 0 bridgehead atoms. The number of carbonyl (C=O) groups is 1. The van der Waals surface area contributed by atoms with Gasteiger partial charge < -0.3 is 27.9 Å². The largest absolute Gasteiger partial charge is 0.756 e. The predicted octanol–water partition coefficient (Wildman–Crippen LogP) is 6.57. The Labute approximate surface area is 233 Å². The summed E-state index contributed by atoms with van der Waals surface area (Å²) in [5.41, 5.74) is 0. The predicted molar refractivity (Wildman–Crippen MR) is 153 cm³/mol. The molecule has 0 aliphatic rings. The maximum Gasteiger partial charge on any atom is 0.330 e. The molecule has 0 radical (unpaired) electrons. The Morgan fingerprint density at radius 2 is 1.26 bits per heavy atom. The Morgan fingerprint density at radius 1 is 0.789 bits per heavy atom. The fraction of sp³-hybridized carbons (Fsp3) is 0.897. The van der Waals surface area contributed by atoms with E-state index in [1.54, 1.807) is 0 Å². The van der Waals surface area contributed by atoms with E-state index >= 15 is 0 Å². The average Bonchev–Trinajstić information content (AvgIpc) is 2.85. The molecule has 38 heavy (non-hydrogen) atoms. The van der Waals surface area contributed by atoms with Crippen LogP contribution in [0.15, 0.2) is 12.7 Å². The number of unbranched alkanes of at least 4 members (excludes halogenated alkanes) is 15. The highest BCUT2D eigenvalue weighted by molar-refractivity contribution is 7.45. The zero-order chi connectivity index (χ0) is 28.5. The first-order chi connectivity index (χ1) is 18.1. The standard InChI is InChI=1S/C29H58NO7P/c1-6-8-9-10-11-12-13-14-15-16-17-18-19-20-21-22-24-34-26-28(37-29(31)7-2)27-36-38(32,33)35-25-23-30(3,4)5/h7,28H,2,6,8-27H2,1,3-5H3/t28-/m0/s1. The molecule has 0 aromatic carbocycles. The molecule has 0 spiro atoms. The van der Waals surface area contributed by atoms with Crippen LogP contribution in [-0.2, 0) is 27.9 Å². The third-order valence-electron chi connectivity index (χ3n) is 6.33. The monoisotopic (exact) mass is 563 g/mol. The van der Waals surface area contributed by atoms with E-state index in [1.165, 1.54) is 89.9 Å². The van der Waals surface area contributed by atoms with E-state index in [1.807, 2.05) is 21.1 Å². The van der Waals surface area contributed by atoms with Gasteiger partial charge in [0.15, 0.2) is 0 Å². The molecule has 9 heteroatoms. The smallest absolute Gasteiger partial charge is 0.330 e. The number of esters is 1. The fourth-order valence-electron chi connectivity index (χ4n) is 3.93. The Morgan fingerprint density at radius 3 is 1.71 bits per heavy atom. The van der Waals surface area contributed by atoms with E-state index in [4.69, 9.17) is 18.5 Å². The molecule has 0 aromatic heterocycles. The van der Waals surface area contributed by atoms with Crippen LogP contribution in [0, 0.1) is 0 Å². The summed E-state index contributed by atoms with van der Waals surface area (Å²) in [7, 11) is 1.30. The molecule has 2 atom stereocenters. The Balaban J connectivity index is 3.81. The van der Waals surface area contributed by atoms with Crippen molar-refractivity contribution in [3.8, 4) is 0 Å². The highest BCUT2D eigenvalue weighted by Gasteiger charge is 2.19. The number of hydrogen-bond acceptors (Lipinski definition) is 7. The lowest BCUT2D eigenvalue weighted by molar-refractivity contribution is -0.870. The van der Waals surface area contributed by atoms with Gasteiger partial charge in [-0.1, -0.05) is 110 Å². The first-order valence-electron chi connectivity index (χ1n) is 14.9. The summed E-state index contributed by atoms with van der Waals surface area (Å²) in [6.07, 6.45) is 21.1. The van der Waals surface area contributed by atoms with Crippen LogP contribution < -0.4 is 4.89 Å². The lowest BCUT2D eigenvalue weighted by atomic mass is 10.0. The van der Waals surface area contributed by atoms with Crippen molar-refractivity contribution in [2.24, 2.45) is 0 Å². The highest BCUT2D eigenvalue weighted by Crippen LogP contribution is 2.38. The summed E-state index contributed by atoms with van der Waals surface area (Å²) in [5, 5.41) is 0. The fourth-order valence-corrected chi connectivity index (χ4v) is 4.66. The molecule has 0 aromatic rings. The van der Waals surface area contributed by atoms with Gasteiger partial charge in [-0.2, -0.15) is 0 Å². The van der Waals surface area contributed by atoms with Crippen molar-refractivity contribution < 1.29 is 37.3 Å². The Bertz CT molecular complexity index is 625. The highest BCUT2D eigenvalue weighted by atomic mass is 31.2. The molecule has 226 valence electrons. The lowest BCUT2D eigenvalue weighted by Gasteiger charge is -2.28. The molecule has 0 aliphatic heterocycles. The Hall–Kier alpha value is -0.760. The second-order valence-corrected chi connectivity index (χ2v) is 12.6. The molecule has 0 N–H and O–H groups in total. The number of ether oxygens (including phenoxy) is 2. The third kappa shape index (κ3) is 26.8. The van der Waals surface area contributed by atoms with Gasteiger partial charge in [0, 0.05) is 12.7 Å². The number of likely N-dealkylation sites (N-methyl/N-ethyl adjacent to an activating group) is 1. The van der Waals surface area contributed by atoms with E-state index in [2.05, 4.69) is 13.5 Å². The van der Waals surface area contributed by atoms with Crippen LogP contribution in [0.1, 0.15) is 110 Å². The van der Waals surface area contributed by atoms with Crippen LogP contribution in [0.4, 0.5) is 0 Å². The van der Waals surface area contributed by atoms with Crippen molar-refractivity contribution >= 4 is 13.8 Å². The number of carbonyl (C=O) groups excluding carboxylic acids is 1. The van der Waals surface area contributed by atoms with Crippen molar-refractivity contribution in [1.29, 1.82) is 0 Å². The van der Waals surface area contributed by atoms with E-state index < -0.39 is 19.9 Å². The third-order valence-corrected chi connectivity index (χ3v) is 7.29. The van der Waals surface area contributed by atoms with Gasteiger partial charge in [-0.25, -0.2) is 4.79 Å². The topological polar surface area (TPSA) is 94.1 Å². The molecule has 8 nitrogen and oxygen atoms in total. The minimum Gasteiger partial charge on any atom is -0.756 e. The second-order valence-electron chi connectivity index (χ2n) is 11.2. The molecule has 0 saturated heterocycles. The molecule has 0 fully saturated rings. The number of phosphoric acid groups is 1. The number of hydrogen-bond donors (Lipinski definition) is 0. The molecule has 0 saturated carbocycles. The van der Waals surface area contributed by atoms with Crippen molar-refractivity contribution in [2.45, 2.75) is 116 Å². The molecule has 0 rings (SSSR count). The summed E-state index contributed by atoms with van der Waals surface area (Å²) >= 11 is 0. The van der Waals surface area contributed by atoms with E-state index in [9.17, 15) is 14.3 Å². The van der Waals surface area contributed by atoms with Crippen LogP contribution in [0.2, 0.25) is 0 Å². The molecular formula is C29H58NO7P. The molecular weight excluding hydrogens is 505 g/mol. The minimum atomic E-state index is -4.50. The molecule has 1 unspecified atom stereocenters. The van der Waals surface area contributed by atoms with Gasteiger partial charge in [0.05, 0.1) is 34.4 Å². The number of quaternary nitrogens is 1. The van der Waals surface area contributed by atoms with Crippen molar-refractivity contribution in [3.05, 3.63) is 12.7 Å². The van der Waals surface area contributed by atoms with Gasteiger partial charge in [0.25, 0.3) is 7.82 Å². The Kier molecular flexibility index (Phi) is 23.6. The zero-order valence-corrected chi connectivity index (χ0v) is 25.9. The van der Waals surface area contributed by atoms with Gasteiger partial charge in [0.1, 0.15) is 19.3 Å². The van der Waals surface area contributed by atoms with E-state index in [0.29, 0.717) is 17.6 Å². The number of rotatable bonds is 28. The molecule has 0 amide bonds. The maximum atomic E-state index is 12.0. The summed E-state index contributed by atoms with van der Waals surface area (Å²) < 4.78 is 33.1. The van der Waals surface area contributed by atoms with Crippen LogP contribution >= 0.6 is 7.82 Å². The number of nitrogens with zero attached hydrogens (tertiary/aromatic N) is 1. The summed E-state index contributed by atoms with van der Waals surface area (Å²) in [6.45, 7) is 6.37. The summed E-state index contributed by atoms with van der Waals surface area (Å²) in [5.74, 6) is -0.656. The van der Waals surface area contributed by atoms with Crippen molar-refractivity contribution in [3.63, 3.8) is 0 Å². The van der Waals surface area contributed by atoms with Crippen molar-refractivity contribution in [1.82, 2.24) is 0 Å². The summed E-state index contributed by atoms with van der Waals surface area (Å²) in [6, 6.07) is 0. The first-order valence-corrected chi connectivity index (χ1v) is 16.4. The molecule has 0 aliphatic carbocycles. The van der Waals surface area contributed by atoms with Crippen LogP contribution in [0.3, 0.4) is 0 Å². The van der Waals surface area contributed by atoms with Crippen LogP contribution in [0.25, 0.3) is 0 Å². The quantitative estimate of drug-likeness (QED) is 0.0349. The first kappa shape index (κ1) is 37.2. The minimum absolute atomic E-state index is 0.0111. The second kappa shape index (κ2) is 24.1. The SMILES string of the molecule is C=CC(=O)O[C@@H](COCCCCCCCCCCCCCCCCCC)COP(=O)([O-])OCC[N+](C)(C)C. The normalized spacial score (nSPS) is 14.2. The average molecular weight is 564 g/mol. The van der Waals surface area contributed by atoms with Gasteiger partial charge in [-0.05, 0) is 6.42 Å². The van der Waals surface area contributed by atoms with Crippen LogP contribution in [-0.4, -0.2) is 70.7 Å². The lowest BCUT2D eigenvalue weighted by Crippen LogP contribution is -2.37. The van der Waals surface area contributed by atoms with Crippen molar-refractivity contribution in [2.75, 3.05) is 54.1 Å². The van der Waals surface area contributed by atoms with Gasteiger partial charge >= 0.3 is 5.97 Å². The zero-order valence-electron chi connectivity index (χ0n) is 25.0. The molecule has 0 heterocycles. The van der Waals surface area contributed by atoms with E-state index in [-0.39, 0.29) is 19.8 Å².